The first-order valence-corrected chi connectivity index (χ1v) is 5.51. The highest BCUT2D eigenvalue weighted by Gasteiger charge is 1.99. The fourth-order valence-corrected chi connectivity index (χ4v) is 1.57. The van der Waals surface area contributed by atoms with E-state index in [0.29, 0.717) is 0 Å². The highest BCUT2D eigenvalue weighted by Crippen LogP contribution is 2.08. The second-order valence-electron chi connectivity index (χ2n) is 4.15. The summed E-state index contributed by atoms with van der Waals surface area (Å²) in [4.78, 5) is 0. The molecule has 0 aromatic heterocycles. The first-order valence-electron chi connectivity index (χ1n) is 5.51. The van der Waals surface area contributed by atoms with Crippen molar-refractivity contribution in [3.63, 3.8) is 0 Å². The molecular weight excluding hydrogens is 170 g/mol. The van der Waals surface area contributed by atoms with E-state index in [1.807, 2.05) is 0 Å². The Morgan fingerprint density at radius 3 is 2.36 bits per heavy atom. The van der Waals surface area contributed by atoms with Crippen molar-refractivity contribution in [2.45, 2.75) is 33.7 Å². The van der Waals surface area contributed by atoms with Gasteiger partial charge in [-0.1, -0.05) is 45.0 Å². The van der Waals surface area contributed by atoms with Crippen molar-refractivity contribution in [2.75, 3.05) is 6.54 Å². The Hall–Kier alpha value is -0.820. The summed E-state index contributed by atoms with van der Waals surface area (Å²) >= 11 is 0. The quantitative estimate of drug-likeness (QED) is 0.754. The molecule has 0 radical (unpaired) electrons. The lowest BCUT2D eigenvalue weighted by molar-refractivity contribution is 0.551. The molecule has 0 aliphatic rings. The molecule has 0 amide bonds. The van der Waals surface area contributed by atoms with Crippen LogP contribution in [-0.4, -0.2) is 6.54 Å². The summed E-state index contributed by atoms with van der Waals surface area (Å²) in [5.74, 6) is 0.726. The molecule has 1 nitrogen and oxygen atoms in total. The van der Waals surface area contributed by atoms with Crippen LogP contribution in [0.3, 0.4) is 0 Å². The molecule has 1 N–H and O–H groups in total. The Kier molecular flexibility index (Phi) is 4.68. The van der Waals surface area contributed by atoms with Gasteiger partial charge in [0.1, 0.15) is 0 Å². The van der Waals surface area contributed by atoms with Crippen LogP contribution >= 0.6 is 0 Å². The van der Waals surface area contributed by atoms with Gasteiger partial charge in [-0.05, 0) is 30.0 Å². The molecule has 0 spiro atoms. The zero-order valence-electron chi connectivity index (χ0n) is 9.51. The fraction of sp³-hybridized carbons (Fsp3) is 0.538. The predicted octanol–water partition coefficient (Wildman–Crippen LogP) is 2.99. The molecular formula is C13H21N. The first kappa shape index (κ1) is 11.3. The summed E-state index contributed by atoms with van der Waals surface area (Å²) < 4.78 is 0. The number of hydrogen-bond acceptors (Lipinski definition) is 1. The van der Waals surface area contributed by atoms with Crippen molar-refractivity contribution in [2.24, 2.45) is 5.92 Å². The van der Waals surface area contributed by atoms with E-state index in [0.717, 1.165) is 25.4 Å². The summed E-state index contributed by atoms with van der Waals surface area (Å²) in [6, 6.07) is 8.66. The van der Waals surface area contributed by atoms with Gasteiger partial charge in [0.15, 0.2) is 0 Å². The van der Waals surface area contributed by atoms with E-state index in [4.69, 9.17) is 0 Å². The predicted molar refractivity (Wildman–Crippen MR) is 62.4 cm³/mol. The second-order valence-corrected chi connectivity index (χ2v) is 4.15. The van der Waals surface area contributed by atoms with Crippen molar-refractivity contribution in [3.05, 3.63) is 35.4 Å². The molecule has 0 aliphatic carbocycles. The summed E-state index contributed by atoms with van der Waals surface area (Å²) in [6.07, 6.45) is 1.12. The smallest absolute Gasteiger partial charge is 0.0208 e. The van der Waals surface area contributed by atoms with Crippen molar-refractivity contribution in [1.82, 2.24) is 5.32 Å². The first-order chi connectivity index (χ1) is 6.74. The average molecular weight is 191 g/mol. The highest BCUT2D eigenvalue weighted by atomic mass is 14.8. The average Bonchev–Trinajstić information content (AvgIpc) is 2.18. The van der Waals surface area contributed by atoms with E-state index in [1.54, 1.807) is 0 Å². The molecule has 0 heterocycles. The Morgan fingerprint density at radius 1 is 1.14 bits per heavy atom. The molecule has 0 saturated heterocycles. The van der Waals surface area contributed by atoms with Gasteiger partial charge < -0.3 is 5.32 Å². The van der Waals surface area contributed by atoms with E-state index in [-0.39, 0.29) is 0 Å². The van der Waals surface area contributed by atoms with Gasteiger partial charge in [-0.2, -0.15) is 0 Å². The minimum Gasteiger partial charge on any atom is -0.312 e. The maximum absolute atomic E-state index is 3.48. The van der Waals surface area contributed by atoms with Crippen LogP contribution in [0.25, 0.3) is 0 Å². The Morgan fingerprint density at radius 2 is 1.79 bits per heavy atom. The molecule has 1 aromatic rings. The normalized spacial score (nSPS) is 10.9. The molecule has 0 unspecified atom stereocenters. The van der Waals surface area contributed by atoms with Crippen LogP contribution in [0.5, 0.6) is 0 Å². The third-order valence-corrected chi connectivity index (χ3v) is 2.37. The summed E-state index contributed by atoms with van der Waals surface area (Å²) in [6.45, 7) is 8.78. The van der Waals surface area contributed by atoms with E-state index in [2.05, 4.69) is 50.4 Å². The van der Waals surface area contributed by atoms with Crippen LogP contribution < -0.4 is 5.32 Å². The number of hydrogen-bond donors (Lipinski definition) is 1. The van der Waals surface area contributed by atoms with Crippen LogP contribution in [-0.2, 0) is 13.0 Å². The Labute approximate surface area is 87.5 Å². The zero-order chi connectivity index (χ0) is 10.4. The van der Waals surface area contributed by atoms with Crippen molar-refractivity contribution in [1.29, 1.82) is 0 Å². The number of benzene rings is 1. The summed E-state index contributed by atoms with van der Waals surface area (Å²) in [5, 5.41) is 3.48. The van der Waals surface area contributed by atoms with Crippen molar-refractivity contribution >= 4 is 0 Å². The topological polar surface area (TPSA) is 12.0 Å². The molecule has 0 fully saturated rings. The van der Waals surface area contributed by atoms with Crippen LogP contribution in [0.4, 0.5) is 0 Å². The third kappa shape index (κ3) is 3.51. The summed E-state index contributed by atoms with van der Waals surface area (Å²) in [7, 11) is 0. The summed E-state index contributed by atoms with van der Waals surface area (Å²) in [5.41, 5.74) is 2.90. The monoisotopic (exact) mass is 191 g/mol. The standard InChI is InChI=1S/C13H21N/c1-4-12-7-5-6-8-13(12)10-14-9-11(2)3/h5-8,11,14H,4,9-10H2,1-3H3. The van der Waals surface area contributed by atoms with Gasteiger partial charge in [0.05, 0.1) is 0 Å². The lowest BCUT2D eigenvalue weighted by Gasteiger charge is -2.10. The minimum atomic E-state index is 0.726. The third-order valence-electron chi connectivity index (χ3n) is 2.37. The van der Waals surface area contributed by atoms with E-state index < -0.39 is 0 Å². The van der Waals surface area contributed by atoms with E-state index >= 15 is 0 Å². The fourth-order valence-electron chi connectivity index (χ4n) is 1.57. The van der Waals surface area contributed by atoms with Gasteiger partial charge in [-0.15, -0.1) is 0 Å². The molecule has 1 heteroatoms. The highest BCUT2D eigenvalue weighted by molar-refractivity contribution is 5.26. The largest absolute Gasteiger partial charge is 0.312 e. The molecule has 0 bridgehead atoms. The van der Waals surface area contributed by atoms with Gasteiger partial charge >= 0.3 is 0 Å². The number of nitrogens with one attached hydrogen (secondary N) is 1. The SMILES string of the molecule is CCc1ccccc1CNCC(C)C. The van der Waals surface area contributed by atoms with Crippen LogP contribution in [0.2, 0.25) is 0 Å². The molecule has 0 saturated carbocycles. The van der Waals surface area contributed by atoms with Gasteiger partial charge in [-0.25, -0.2) is 0 Å². The lowest BCUT2D eigenvalue weighted by Crippen LogP contribution is -2.19. The molecule has 0 aliphatic heterocycles. The van der Waals surface area contributed by atoms with Gasteiger partial charge in [0.25, 0.3) is 0 Å². The van der Waals surface area contributed by atoms with Crippen molar-refractivity contribution in [3.8, 4) is 0 Å². The maximum Gasteiger partial charge on any atom is 0.0208 e. The number of aryl methyl sites for hydroxylation is 1. The Balaban J connectivity index is 2.49. The van der Waals surface area contributed by atoms with Crippen LogP contribution in [0, 0.1) is 5.92 Å². The van der Waals surface area contributed by atoms with Crippen LogP contribution in [0.15, 0.2) is 24.3 Å². The number of rotatable bonds is 5. The maximum atomic E-state index is 3.48. The zero-order valence-corrected chi connectivity index (χ0v) is 9.51. The van der Waals surface area contributed by atoms with E-state index in [9.17, 15) is 0 Å². The minimum absolute atomic E-state index is 0.726. The molecule has 78 valence electrons. The Bertz CT molecular complexity index is 266. The molecule has 1 aromatic carbocycles. The van der Waals surface area contributed by atoms with Gasteiger partial charge in [0, 0.05) is 6.54 Å². The van der Waals surface area contributed by atoms with Gasteiger partial charge in [-0.3, -0.25) is 0 Å². The van der Waals surface area contributed by atoms with Crippen molar-refractivity contribution < 1.29 is 0 Å². The van der Waals surface area contributed by atoms with E-state index in [1.165, 1.54) is 11.1 Å². The molecule has 1 rings (SSSR count). The molecule has 14 heavy (non-hydrogen) atoms. The lowest BCUT2D eigenvalue weighted by atomic mass is 10.1. The molecule has 0 atom stereocenters. The van der Waals surface area contributed by atoms with Crippen LogP contribution in [0.1, 0.15) is 31.9 Å². The van der Waals surface area contributed by atoms with Gasteiger partial charge in [0.2, 0.25) is 0 Å². The second kappa shape index (κ2) is 5.82.